The van der Waals surface area contributed by atoms with Gasteiger partial charge < -0.3 is 39.4 Å². The van der Waals surface area contributed by atoms with Gasteiger partial charge in [-0.1, -0.05) is 13.3 Å². The third-order valence-corrected chi connectivity index (χ3v) is 3.15. The first-order valence-electron chi connectivity index (χ1n) is 7.76. The maximum Gasteiger partial charge on any atom is 0.673 e. The number of nitrogens with one attached hydrogen (secondary N) is 1. The summed E-state index contributed by atoms with van der Waals surface area (Å²) in [4.78, 5) is 5.37. The summed E-state index contributed by atoms with van der Waals surface area (Å²) in [6.07, 6.45) is 13.2. The maximum atomic E-state index is 9.75. The average Bonchev–Trinajstić information content (AvgIpc) is 3.04. The number of rotatable bonds is 5. The molecule has 0 bridgehead atoms. The predicted octanol–water partition coefficient (Wildman–Crippen LogP) is 3.85. The van der Waals surface area contributed by atoms with Crippen molar-refractivity contribution >= 4 is 14.5 Å². The van der Waals surface area contributed by atoms with Gasteiger partial charge in [-0.05, 0) is 6.42 Å². The van der Waals surface area contributed by atoms with E-state index in [2.05, 4.69) is 47.0 Å². The SMILES string of the molecule is CCCC[N+]1(C[n+]2cc[nH]c2)C=CN(C)C1.F[B-](F)(F)F.F[B-](F)(F)F. The van der Waals surface area contributed by atoms with Gasteiger partial charge in [0.25, 0.3) is 0 Å². The molecule has 152 valence electrons. The van der Waals surface area contributed by atoms with Gasteiger partial charge in [-0.15, -0.1) is 0 Å². The minimum atomic E-state index is -6.00. The van der Waals surface area contributed by atoms with Gasteiger partial charge in [0.15, 0.2) is 6.67 Å². The molecule has 14 heteroatoms. The summed E-state index contributed by atoms with van der Waals surface area (Å²) < 4.78 is 81.3. The fraction of sp³-hybridized carbons (Fsp3) is 0.583. The molecule has 1 N–H and O–H groups in total. The van der Waals surface area contributed by atoms with E-state index in [4.69, 9.17) is 0 Å². The van der Waals surface area contributed by atoms with Crippen molar-refractivity contribution in [1.82, 2.24) is 9.88 Å². The summed E-state index contributed by atoms with van der Waals surface area (Å²) in [7, 11) is -9.86. The highest BCUT2D eigenvalue weighted by Crippen LogP contribution is 2.18. The lowest BCUT2D eigenvalue weighted by Gasteiger charge is -2.30. The van der Waals surface area contributed by atoms with Crippen LogP contribution in [0.4, 0.5) is 34.5 Å². The van der Waals surface area contributed by atoms with Gasteiger partial charge in [0, 0.05) is 7.05 Å². The Morgan fingerprint density at radius 3 is 1.96 bits per heavy atom. The lowest BCUT2D eigenvalue weighted by atomic mass is 10.3. The molecule has 4 nitrogen and oxygen atoms in total. The highest BCUT2D eigenvalue weighted by Gasteiger charge is 2.32. The van der Waals surface area contributed by atoms with Crippen LogP contribution in [-0.2, 0) is 6.67 Å². The van der Waals surface area contributed by atoms with E-state index in [-0.39, 0.29) is 0 Å². The number of halogens is 8. The first-order chi connectivity index (χ1) is 11.7. The molecule has 1 atom stereocenters. The topological polar surface area (TPSA) is 22.9 Å². The molecule has 1 aliphatic heterocycles. The standard InChI is InChI=1S/C12H21N4.2BF4/c1-3-4-8-16(9-7-14(2)11-16)12-15-6-5-13-10-15;2*2-1(3,4)5/h5-7,9-10H,3-4,8,11-12H2,1-2H3;;/q+1;2*-1/p+1. The van der Waals surface area contributed by atoms with Crippen LogP contribution >= 0.6 is 0 Å². The average molecular weight is 396 g/mol. The Bertz CT molecular complexity index is 496. The minimum absolute atomic E-state index is 1.02. The lowest BCUT2D eigenvalue weighted by Crippen LogP contribution is -2.54. The molecule has 0 amide bonds. The van der Waals surface area contributed by atoms with Crippen molar-refractivity contribution in [3.8, 4) is 0 Å². The Kier molecular flexibility index (Phi) is 9.74. The minimum Gasteiger partial charge on any atom is -0.418 e. The fourth-order valence-corrected chi connectivity index (χ4v) is 2.31. The van der Waals surface area contributed by atoms with Gasteiger partial charge in [0.1, 0.15) is 18.6 Å². The number of quaternary nitrogens is 1. The van der Waals surface area contributed by atoms with E-state index in [0.717, 1.165) is 17.8 Å². The zero-order valence-electron chi connectivity index (χ0n) is 14.4. The van der Waals surface area contributed by atoms with Crippen molar-refractivity contribution in [2.24, 2.45) is 0 Å². The highest BCUT2D eigenvalue weighted by molar-refractivity contribution is 6.50. The van der Waals surface area contributed by atoms with Crippen molar-refractivity contribution in [2.75, 3.05) is 20.3 Å². The summed E-state index contributed by atoms with van der Waals surface area (Å²) in [5, 5.41) is 0. The summed E-state index contributed by atoms with van der Waals surface area (Å²) in [6, 6.07) is 0. The van der Waals surface area contributed by atoms with Crippen LogP contribution in [0.2, 0.25) is 0 Å². The van der Waals surface area contributed by atoms with Crippen molar-refractivity contribution in [3.63, 3.8) is 0 Å². The van der Waals surface area contributed by atoms with Crippen molar-refractivity contribution in [3.05, 3.63) is 31.1 Å². The Morgan fingerprint density at radius 1 is 1.08 bits per heavy atom. The Labute approximate surface area is 146 Å². The van der Waals surface area contributed by atoms with E-state index in [9.17, 15) is 34.5 Å². The number of hydrogen-bond acceptors (Lipinski definition) is 1. The summed E-state index contributed by atoms with van der Waals surface area (Å²) >= 11 is 0. The van der Waals surface area contributed by atoms with E-state index in [1.807, 2.05) is 12.5 Å². The van der Waals surface area contributed by atoms with E-state index in [1.54, 1.807) is 0 Å². The molecule has 1 aliphatic rings. The van der Waals surface area contributed by atoms with Crippen molar-refractivity contribution in [1.29, 1.82) is 0 Å². The van der Waals surface area contributed by atoms with Crippen LogP contribution < -0.4 is 4.57 Å². The molecule has 0 radical (unpaired) electrons. The number of imidazole rings is 1. The molecule has 2 heterocycles. The molecule has 0 aliphatic carbocycles. The van der Waals surface area contributed by atoms with E-state index in [0.29, 0.717) is 0 Å². The monoisotopic (exact) mass is 396 g/mol. The van der Waals surface area contributed by atoms with Crippen LogP contribution in [0.3, 0.4) is 0 Å². The van der Waals surface area contributed by atoms with Crippen LogP contribution in [0.5, 0.6) is 0 Å². The molecule has 1 aromatic heterocycles. The van der Waals surface area contributed by atoms with E-state index < -0.39 is 14.5 Å². The Hall–Kier alpha value is -1.72. The van der Waals surface area contributed by atoms with Gasteiger partial charge >= 0.3 is 14.5 Å². The second-order valence-electron chi connectivity index (χ2n) is 5.75. The van der Waals surface area contributed by atoms with E-state index in [1.165, 1.54) is 19.4 Å². The molecule has 0 fully saturated rings. The second kappa shape index (κ2) is 10.4. The van der Waals surface area contributed by atoms with Gasteiger partial charge in [0.05, 0.1) is 12.7 Å². The van der Waals surface area contributed by atoms with Crippen LogP contribution in [0.15, 0.2) is 31.1 Å². The molecular formula is C12H22B2F8N4. The molecule has 2 rings (SSSR count). The number of aromatic nitrogens is 2. The van der Waals surface area contributed by atoms with Crippen molar-refractivity contribution < 1.29 is 43.6 Å². The normalized spacial score (nSPS) is 19.5. The summed E-state index contributed by atoms with van der Waals surface area (Å²) in [5.74, 6) is 0. The third-order valence-electron chi connectivity index (χ3n) is 3.15. The van der Waals surface area contributed by atoms with Crippen LogP contribution in [0.25, 0.3) is 0 Å². The lowest BCUT2D eigenvalue weighted by molar-refractivity contribution is -1.02. The first-order valence-corrected chi connectivity index (χ1v) is 7.76. The van der Waals surface area contributed by atoms with Crippen LogP contribution in [0.1, 0.15) is 19.8 Å². The Morgan fingerprint density at radius 2 is 1.62 bits per heavy atom. The van der Waals surface area contributed by atoms with Gasteiger partial charge in [-0.2, -0.15) is 4.57 Å². The predicted molar refractivity (Wildman–Crippen MR) is 83.2 cm³/mol. The number of hydrogen-bond donors (Lipinski definition) is 1. The fourth-order valence-electron chi connectivity index (χ4n) is 2.31. The van der Waals surface area contributed by atoms with Crippen LogP contribution in [-0.4, -0.2) is 49.1 Å². The smallest absolute Gasteiger partial charge is 0.418 e. The molecular weight excluding hydrogens is 374 g/mol. The van der Waals surface area contributed by atoms with Gasteiger partial charge in [0.2, 0.25) is 13.0 Å². The zero-order valence-corrected chi connectivity index (χ0v) is 14.4. The summed E-state index contributed by atoms with van der Waals surface area (Å²) in [5.41, 5.74) is 0. The van der Waals surface area contributed by atoms with Crippen molar-refractivity contribution in [2.45, 2.75) is 26.4 Å². The molecule has 0 saturated carbocycles. The number of aromatic amines is 1. The zero-order chi connectivity index (χ0) is 20.4. The molecule has 0 spiro atoms. The molecule has 0 aromatic carbocycles. The quantitative estimate of drug-likeness (QED) is 0.348. The van der Waals surface area contributed by atoms with E-state index >= 15 is 0 Å². The third kappa shape index (κ3) is 14.6. The Balaban J connectivity index is 0.000000520. The number of H-pyrrole nitrogens is 1. The van der Waals surface area contributed by atoms with Crippen LogP contribution in [0, 0.1) is 0 Å². The largest absolute Gasteiger partial charge is 0.673 e. The van der Waals surface area contributed by atoms with Gasteiger partial charge in [-0.3, -0.25) is 4.98 Å². The molecule has 0 saturated heterocycles. The van der Waals surface area contributed by atoms with Gasteiger partial charge in [-0.25, -0.2) is 4.48 Å². The molecule has 1 aromatic rings. The summed E-state index contributed by atoms with van der Waals surface area (Å²) in [6.45, 7) is 5.57. The number of unbranched alkanes of at least 4 members (excludes halogenated alkanes) is 1. The molecule has 1 unspecified atom stereocenters. The first kappa shape index (κ1) is 24.3. The molecule has 26 heavy (non-hydrogen) atoms. The number of nitrogens with zero attached hydrogens (tertiary/aromatic N) is 3. The highest BCUT2D eigenvalue weighted by atomic mass is 19.5. The maximum absolute atomic E-state index is 9.75. The second-order valence-corrected chi connectivity index (χ2v) is 5.75.